The van der Waals surface area contributed by atoms with Gasteiger partial charge in [-0.2, -0.15) is 0 Å². The molecule has 1 unspecified atom stereocenters. The Hall–Kier alpha value is -2.27. The lowest BCUT2D eigenvalue weighted by Gasteiger charge is -2.37. The molecule has 0 bridgehead atoms. The summed E-state index contributed by atoms with van der Waals surface area (Å²) >= 11 is 0. The molecule has 3 aliphatic rings. The standard InChI is InChI=1S/C26H35NO4/c1-16-8-7-10-26(3,4)19(16)12-17(2)21(28)14-20-23-18(9-11-27(20)5)13-22-24(25(23)29-6)31-15-30-22/h8,12-13,19-20H,7,9-11,14-15H2,1-6H3/p+1/b17-12+/t19-,20-/m0/s1. The Morgan fingerprint density at radius 3 is 2.84 bits per heavy atom. The minimum absolute atomic E-state index is 0.0417. The van der Waals surface area contributed by atoms with E-state index in [-0.39, 0.29) is 24.0 Å². The number of carbonyl (C=O) groups is 1. The van der Waals surface area contributed by atoms with E-state index in [0.717, 1.165) is 48.4 Å². The third kappa shape index (κ3) is 4.00. The van der Waals surface area contributed by atoms with E-state index in [9.17, 15) is 4.79 Å². The Morgan fingerprint density at radius 2 is 2.13 bits per heavy atom. The first-order valence-corrected chi connectivity index (χ1v) is 11.4. The van der Waals surface area contributed by atoms with Crippen molar-refractivity contribution < 1.29 is 23.9 Å². The number of methoxy groups -OCH3 is 1. The van der Waals surface area contributed by atoms with Gasteiger partial charge in [-0.1, -0.05) is 31.6 Å². The van der Waals surface area contributed by atoms with Crippen molar-refractivity contribution in [1.29, 1.82) is 0 Å². The van der Waals surface area contributed by atoms with Crippen LogP contribution in [-0.2, 0) is 11.2 Å². The van der Waals surface area contributed by atoms with Gasteiger partial charge in [-0.05, 0) is 49.3 Å². The molecule has 1 aromatic rings. The first kappa shape index (κ1) is 21.9. The summed E-state index contributed by atoms with van der Waals surface area (Å²) in [6, 6.07) is 2.12. The maximum Gasteiger partial charge on any atom is 0.231 e. The number of ether oxygens (including phenoxy) is 3. The zero-order chi connectivity index (χ0) is 22.3. The van der Waals surface area contributed by atoms with Gasteiger partial charge in [0, 0.05) is 12.3 Å². The van der Waals surface area contributed by atoms with Gasteiger partial charge in [0.1, 0.15) is 6.04 Å². The number of hydrogen-bond acceptors (Lipinski definition) is 4. The summed E-state index contributed by atoms with van der Waals surface area (Å²) in [6.07, 6.45) is 8.22. The number of hydrogen-bond donors (Lipinski definition) is 1. The molecule has 0 amide bonds. The van der Waals surface area contributed by atoms with Crippen molar-refractivity contribution in [2.75, 3.05) is 27.5 Å². The van der Waals surface area contributed by atoms with Crippen LogP contribution in [0.2, 0.25) is 0 Å². The maximum absolute atomic E-state index is 13.4. The summed E-state index contributed by atoms with van der Waals surface area (Å²) in [5, 5.41) is 0. The zero-order valence-electron chi connectivity index (χ0n) is 19.8. The van der Waals surface area contributed by atoms with E-state index < -0.39 is 0 Å². The monoisotopic (exact) mass is 426 g/mol. The first-order valence-electron chi connectivity index (χ1n) is 11.4. The van der Waals surface area contributed by atoms with Crippen molar-refractivity contribution >= 4 is 5.78 Å². The zero-order valence-corrected chi connectivity index (χ0v) is 19.8. The molecule has 168 valence electrons. The maximum atomic E-state index is 13.4. The number of fused-ring (bicyclic) bond motifs is 2. The molecule has 3 atom stereocenters. The van der Waals surface area contributed by atoms with Crippen LogP contribution >= 0.6 is 0 Å². The SMILES string of the molecule is COc1c2c(cc3c1[C@H](CC(=O)/C(C)=C/[C@H]1C(C)=CCCC1(C)C)[NH+](C)CC3)OCO2. The summed E-state index contributed by atoms with van der Waals surface area (Å²) in [6.45, 7) is 10.00. The molecule has 0 aromatic heterocycles. The number of ketones is 1. The molecule has 0 fully saturated rings. The molecule has 31 heavy (non-hydrogen) atoms. The van der Waals surface area contributed by atoms with E-state index in [4.69, 9.17) is 14.2 Å². The molecule has 4 rings (SSSR count). The number of likely N-dealkylation sites (N-methyl/N-ethyl adjacent to an activating group) is 1. The fourth-order valence-electron chi connectivity index (χ4n) is 5.51. The molecule has 2 heterocycles. The van der Waals surface area contributed by atoms with Crippen molar-refractivity contribution in [1.82, 2.24) is 0 Å². The summed E-state index contributed by atoms with van der Waals surface area (Å²) in [5.74, 6) is 2.68. The van der Waals surface area contributed by atoms with E-state index in [0.29, 0.717) is 18.1 Å². The predicted octanol–water partition coefficient (Wildman–Crippen LogP) is 3.82. The van der Waals surface area contributed by atoms with Crippen molar-refractivity contribution in [2.24, 2.45) is 11.3 Å². The summed E-state index contributed by atoms with van der Waals surface area (Å²) in [4.78, 5) is 14.7. The fourth-order valence-corrected chi connectivity index (χ4v) is 5.51. The van der Waals surface area contributed by atoms with Gasteiger partial charge in [-0.3, -0.25) is 4.79 Å². The van der Waals surface area contributed by atoms with Crippen LogP contribution in [0, 0.1) is 11.3 Å². The molecule has 1 aliphatic carbocycles. The smallest absolute Gasteiger partial charge is 0.231 e. The Morgan fingerprint density at radius 1 is 1.35 bits per heavy atom. The number of rotatable bonds is 5. The third-order valence-corrected chi connectivity index (χ3v) is 7.51. The number of Topliss-reactive ketones (excluding diaryl/α,β-unsaturated/α-hetero) is 1. The van der Waals surface area contributed by atoms with Gasteiger partial charge in [0.25, 0.3) is 0 Å². The van der Waals surface area contributed by atoms with Crippen LogP contribution in [0.5, 0.6) is 17.2 Å². The summed E-state index contributed by atoms with van der Waals surface area (Å²) < 4.78 is 17.1. The fraction of sp³-hybridized carbons (Fsp3) is 0.577. The van der Waals surface area contributed by atoms with Gasteiger partial charge in [0.15, 0.2) is 17.3 Å². The van der Waals surface area contributed by atoms with Crippen LogP contribution in [0.3, 0.4) is 0 Å². The second-order valence-electron chi connectivity index (χ2n) is 10.0. The number of carbonyl (C=O) groups excluding carboxylic acids is 1. The highest BCUT2D eigenvalue weighted by Gasteiger charge is 2.38. The van der Waals surface area contributed by atoms with Gasteiger partial charge in [0.05, 0.1) is 32.7 Å². The van der Waals surface area contributed by atoms with E-state index in [1.807, 2.05) is 6.92 Å². The molecule has 0 saturated heterocycles. The van der Waals surface area contributed by atoms with Crippen molar-refractivity contribution in [2.45, 2.75) is 59.4 Å². The summed E-state index contributed by atoms with van der Waals surface area (Å²) in [5.41, 5.74) is 4.74. The summed E-state index contributed by atoms with van der Waals surface area (Å²) in [7, 11) is 3.84. The molecule has 0 saturated carbocycles. The van der Waals surface area contributed by atoms with Crippen LogP contribution in [0.15, 0.2) is 29.4 Å². The molecular formula is C26H36NO4+. The number of nitrogens with one attached hydrogen (secondary N) is 1. The van der Waals surface area contributed by atoms with Gasteiger partial charge < -0.3 is 19.1 Å². The lowest BCUT2D eigenvalue weighted by Crippen LogP contribution is -3.10. The largest absolute Gasteiger partial charge is 0.492 e. The van der Waals surface area contributed by atoms with Gasteiger partial charge in [0.2, 0.25) is 12.5 Å². The van der Waals surface area contributed by atoms with E-state index in [1.54, 1.807) is 7.11 Å². The number of quaternary nitrogens is 1. The quantitative estimate of drug-likeness (QED) is 0.574. The Kier molecular flexibility index (Phi) is 5.91. The van der Waals surface area contributed by atoms with E-state index in [2.05, 4.69) is 46.0 Å². The van der Waals surface area contributed by atoms with Gasteiger partial charge in [-0.25, -0.2) is 0 Å². The molecule has 1 aromatic carbocycles. The molecule has 5 heteroatoms. The highest BCUT2D eigenvalue weighted by Crippen LogP contribution is 2.48. The molecule has 0 spiro atoms. The highest BCUT2D eigenvalue weighted by molar-refractivity contribution is 5.95. The second kappa shape index (κ2) is 8.34. The van der Waals surface area contributed by atoms with Crippen LogP contribution in [0.25, 0.3) is 0 Å². The highest BCUT2D eigenvalue weighted by atomic mass is 16.7. The van der Waals surface area contributed by atoms with Crippen molar-refractivity contribution in [3.8, 4) is 17.2 Å². The topological polar surface area (TPSA) is 49.2 Å². The normalized spacial score (nSPS) is 26.8. The van der Waals surface area contributed by atoms with Gasteiger partial charge >= 0.3 is 0 Å². The van der Waals surface area contributed by atoms with Crippen molar-refractivity contribution in [3.63, 3.8) is 0 Å². The number of benzene rings is 1. The van der Waals surface area contributed by atoms with E-state index in [1.165, 1.54) is 16.0 Å². The minimum atomic E-state index is 0.0417. The molecule has 2 aliphatic heterocycles. The van der Waals surface area contributed by atoms with E-state index >= 15 is 0 Å². The lowest BCUT2D eigenvalue weighted by molar-refractivity contribution is -0.914. The van der Waals surface area contributed by atoms with Gasteiger partial charge in [-0.15, -0.1) is 0 Å². The van der Waals surface area contributed by atoms with Crippen LogP contribution in [0.4, 0.5) is 0 Å². The Labute approximate surface area is 186 Å². The molecule has 0 radical (unpaired) electrons. The van der Waals surface area contributed by atoms with Crippen molar-refractivity contribution in [3.05, 3.63) is 40.5 Å². The molecule has 1 N–H and O–H groups in total. The average Bonchev–Trinajstić information content (AvgIpc) is 3.19. The number of allylic oxidation sites excluding steroid dienone is 4. The molecule has 5 nitrogen and oxygen atoms in total. The first-order chi connectivity index (χ1) is 14.7. The minimum Gasteiger partial charge on any atom is -0.492 e. The third-order valence-electron chi connectivity index (χ3n) is 7.51. The Bertz CT molecular complexity index is 943. The predicted molar refractivity (Wildman–Crippen MR) is 121 cm³/mol. The van der Waals surface area contributed by atoms with Crippen LogP contribution < -0.4 is 19.1 Å². The lowest BCUT2D eigenvalue weighted by atomic mass is 9.68. The second-order valence-corrected chi connectivity index (χ2v) is 10.0. The van der Waals surface area contributed by atoms with Crippen LogP contribution in [-0.4, -0.2) is 33.3 Å². The Balaban J connectivity index is 1.63. The molecular weight excluding hydrogens is 390 g/mol. The van der Waals surface area contributed by atoms with Crippen LogP contribution in [0.1, 0.15) is 64.1 Å². The average molecular weight is 427 g/mol.